The first-order valence-electron chi connectivity index (χ1n) is 6.30. The van der Waals surface area contributed by atoms with Crippen molar-refractivity contribution in [2.75, 3.05) is 14.1 Å². The molecule has 0 N–H and O–H groups in total. The Morgan fingerprint density at radius 2 is 1.83 bits per heavy atom. The van der Waals surface area contributed by atoms with Crippen LogP contribution in [0.3, 0.4) is 0 Å². The maximum absolute atomic E-state index is 12.0. The third-order valence-electron chi connectivity index (χ3n) is 3.93. The highest BCUT2D eigenvalue weighted by Gasteiger charge is 2.44. The number of nitrogens with zero attached hydrogens (tertiary/aromatic N) is 4. The average Bonchev–Trinajstić information content (AvgIpc) is 3.01. The fourth-order valence-electron chi connectivity index (χ4n) is 2.81. The number of rotatable bonds is 1. The van der Waals surface area contributed by atoms with E-state index in [4.69, 9.17) is 0 Å². The van der Waals surface area contributed by atoms with E-state index < -0.39 is 6.17 Å². The minimum atomic E-state index is -0.503. The number of fused-ring (bicyclic) bond motifs is 1. The van der Waals surface area contributed by atoms with Crippen molar-refractivity contribution in [1.82, 2.24) is 9.80 Å². The lowest BCUT2D eigenvalue weighted by molar-refractivity contribution is -0.122. The summed E-state index contributed by atoms with van der Waals surface area (Å²) in [6.07, 6.45) is 4.06. The number of urea groups is 1. The molecule has 6 heteroatoms. The van der Waals surface area contributed by atoms with Gasteiger partial charge in [0.2, 0.25) is 0 Å². The Balaban J connectivity index is 1.93. The summed E-state index contributed by atoms with van der Waals surface area (Å²) >= 11 is 0. The second-order valence-corrected chi connectivity index (χ2v) is 5.10. The number of amides is 3. The number of aliphatic imine (C=N–C) groups is 2. The van der Waals surface area contributed by atoms with Crippen molar-refractivity contribution in [3.63, 3.8) is 0 Å². The van der Waals surface area contributed by atoms with Crippen molar-refractivity contribution in [2.45, 2.75) is 31.8 Å². The first-order chi connectivity index (χ1) is 8.59. The van der Waals surface area contributed by atoms with E-state index in [1.54, 1.807) is 7.05 Å². The Bertz CT molecular complexity index is 476. The van der Waals surface area contributed by atoms with Crippen LogP contribution in [0.15, 0.2) is 9.98 Å². The van der Waals surface area contributed by atoms with Gasteiger partial charge in [0.1, 0.15) is 5.84 Å². The number of carbonyl (C=O) groups is 2. The molecule has 0 bridgehead atoms. The molecule has 2 fully saturated rings. The Morgan fingerprint density at radius 3 is 2.50 bits per heavy atom. The summed E-state index contributed by atoms with van der Waals surface area (Å²) in [5.74, 6) is 0.806. The molecule has 1 aliphatic carbocycles. The van der Waals surface area contributed by atoms with Crippen LogP contribution in [-0.2, 0) is 4.79 Å². The van der Waals surface area contributed by atoms with E-state index in [1.807, 2.05) is 0 Å². The maximum atomic E-state index is 12.0. The summed E-state index contributed by atoms with van der Waals surface area (Å²) in [6, 6.07) is -0.319. The molecular formula is C12H16N4O2. The smallest absolute Gasteiger partial charge is 0.299 e. The minimum Gasteiger partial charge on any atom is -0.299 e. The number of hydrogen-bond acceptors (Lipinski definition) is 4. The molecule has 18 heavy (non-hydrogen) atoms. The quantitative estimate of drug-likeness (QED) is 0.691. The molecule has 1 unspecified atom stereocenters. The normalized spacial score (nSPS) is 28.7. The molecular weight excluding hydrogens is 232 g/mol. The summed E-state index contributed by atoms with van der Waals surface area (Å²) in [5, 5.41) is 0. The molecule has 1 saturated heterocycles. The average molecular weight is 248 g/mol. The molecule has 2 heterocycles. The molecule has 2 aliphatic heterocycles. The summed E-state index contributed by atoms with van der Waals surface area (Å²) in [6.45, 7) is 0. The molecule has 3 rings (SSSR count). The standard InChI is InChI=1S/C12H16N4O2/c1-15-10-8(11(17)16(2)12(15)18)13-9(14-10)7-5-3-4-6-7/h7,10H,3-6H2,1-2H3. The van der Waals surface area contributed by atoms with Gasteiger partial charge in [0.25, 0.3) is 5.91 Å². The van der Waals surface area contributed by atoms with Gasteiger partial charge >= 0.3 is 6.03 Å². The van der Waals surface area contributed by atoms with Gasteiger partial charge in [-0.3, -0.25) is 14.6 Å². The van der Waals surface area contributed by atoms with Crippen LogP contribution in [-0.4, -0.2) is 53.5 Å². The van der Waals surface area contributed by atoms with E-state index >= 15 is 0 Å². The van der Waals surface area contributed by atoms with Crippen molar-refractivity contribution >= 4 is 23.5 Å². The zero-order valence-electron chi connectivity index (χ0n) is 10.6. The van der Waals surface area contributed by atoms with Crippen molar-refractivity contribution in [3.8, 4) is 0 Å². The van der Waals surface area contributed by atoms with Crippen LogP contribution in [0, 0.1) is 5.92 Å². The fourth-order valence-corrected chi connectivity index (χ4v) is 2.81. The predicted molar refractivity (Wildman–Crippen MR) is 66.5 cm³/mol. The van der Waals surface area contributed by atoms with Gasteiger partial charge in [-0.25, -0.2) is 14.8 Å². The molecule has 0 spiro atoms. The third kappa shape index (κ3) is 1.48. The molecule has 0 radical (unpaired) electrons. The van der Waals surface area contributed by atoms with E-state index in [1.165, 1.54) is 24.8 Å². The largest absolute Gasteiger partial charge is 0.328 e. The SMILES string of the molecule is CN1C(=O)C2=NC(C3CCCC3)=NC2N(C)C1=O. The maximum Gasteiger partial charge on any atom is 0.328 e. The van der Waals surface area contributed by atoms with Crippen molar-refractivity contribution in [1.29, 1.82) is 0 Å². The number of hydrogen-bond donors (Lipinski definition) is 0. The molecule has 0 aromatic rings. The monoisotopic (exact) mass is 248 g/mol. The van der Waals surface area contributed by atoms with E-state index in [2.05, 4.69) is 9.98 Å². The molecule has 1 saturated carbocycles. The van der Waals surface area contributed by atoms with Crippen LogP contribution in [0.4, 0.5) is 4.79 Å². The number of imide groups is 1. The fraction of sp³-hybridized carbons (Fsp3) is 0.667. The summed E-state index contributed by atoms with van der Waals surface area (Å²) in [5.41, 5.74) is 0.390. The van der Waals surface area contributed by atoms with Gasteiger partial charge in [0.15, 0.2) is 11.9 Å². The first-order valence-corrected chi connectivity index (χ1v) is 6.30. The van der Waals surface area contributed by atoms with Gasteiger partial charge in [0, 0.05) is 20.0 Å². The van der Waals surface area contributed by atoms with Gasteiger partial charge in [-0.15, -0.1) is 0 Å². The first kappa shape index (κ1) is 11.4. The van der Waals surface area contributed by atoms with E-state index in [-0.39, 0.29) is 11.9 Å². The van der Waals surface area contributed by atoms with Gasteiger partial charge < -0.3 is 0 Å². The number of carbonyl (C=O) groups excluding carboxylic acids is 2. The zero-order chi connectivity index (χ0) is 12.9. The van der Waals surface area contributed by atoms with E-state index in [0.29, 0.717) is 11.6 Å². The highest BCUT2D eigenvalue weighted by molar-refractivity contribution is 6.47. The lowest BCUT2D eigenvalue weighted by Gasteiger charge is -2.32. The van der Waals surface area contributed by atoms with E-state index in [9.17, 15) is 9.59 Å². The van der Waals surface area contributed by atoms with Crippen LogP contribution in [0.5, 0.6) is 0 Å². The third-order valence-corrected chi connectivity index (χ3v) is 3.93. The van der Waals surface area contributed by atoms with Crippen molar-refractivity contribution in [3.05, 3.63) is 0 Å². The summed E-state index contributed by atoms with van der Waals surface area (Å²) in [7, 11) is 3.14. The summed E-state index contributed by atoms with van der Waals surface area (Å²) < 4.78 is 0. The molecule has 96 valence electrons. The summed E-state index contributed by atoms with van der Waals surface area (Å²) in [4.78, 5) is 35.3. The Labute approximate surface area is 105 Å². The van der Waals surface area contributed by atoms with Crippen LogP contribution < -0.4 is 0 Å². The molecule has 0 aromatic carbocycles. The predicted octanol–water partition coefficient (Wildman–Crippen LogP) is 0.880. The Morgan fingerprint density at radius 1 is 1.17 bits per heavy atom. The number of amidine groups is 1. The van der Waals surface area contributed by atoms with Crippen molar-refractivity contribution in [2.24, 2.45) is 15.9 Å². The second-order valence-electron chi connectivity index (χ2n) is 5.10. The molecule has 3 aliphatic rings. The van der Waals surface area contributed by atoms with Gasteiger partial charge in [-0.1, -0.05) is 12.8 Å². The highest BCUT2D eigenvalue weighted by Crippen LogP contribution is 2.30. The molecule has 6 nitrogen and oxygen atoms in total. The molecule has 0 aromatic heterocycles. The lowest BCUT2D eigenvalue weighted by Crippen LogP contribution is -2.58. The van der Waals surface area contributed by atoms with Crippen molar-refractivity contribution < 1.29 is 9.59 Å². The lowest BCUT2D eigenvalue weighted by atomic mass is 10.1. The minimum absolute atomic E-state index is 0.319. The van der Waals surface area contributed by atoms with E-state index in [0.717, 1.165) is 23.6 Å². The second kappa shape index (κ2) is 3.90. The van der Waals surface area contributed by atoms with Crippen LogP contribution in [0.25, 0.3) is 0 Å². The topological polar surface area (TPSA) is 65.3 Å². The Hall–Kier alpha value is -1.72. The Kier molecular flexibility index (Phi) is 2.46. The zero-order valence-corrected chi connectivity index (χ0v) is 10.6. The van der Waals surface area contributed by atoms with Crippen LogP contribution in [0.2, 0.25) is 0 Å². The van der Waals surface area contributed by atoms with Gasteiger partial charge in [-0.05, 0) is 12.8 Å². The molecule has 1 atom stereocenters. The van der Waals surface area contributed by atoms with Crippen LogP contribution >= 0.6 is 0 Å². The molecule has 3 amide bonds. The van der Waals surface area contributed by atoms with Gasteiger partial charge in [0.05, 0.1) is 0 Å². The van der Waals surface area contributed by atoms with Crippen LogP contribution in [0.1, 0.15) is 25.7 Å². The highest BCUT2D eigenvalue weighted by atomic mass is 16.2. The van der Waals surface area contributed by atoms with Gasteiger partial charge in [-0.2, -0.15) is 0 Å².